The van der Waals surface area contributed by atoms with Crippen molar-refractivity contribution in [3.63, 3.8) is 0 Å². The first-order chi connectivity index (χ1) is 13.1. The van der Waals surface area contributed by atoms with Crippen molar-refractivity contribution < 1.29 is 27.5 Å². The minimum Gasteiger partial charge on any atom is -0.459 e. The molecule has 0 radical (unpaired) electrons. The Morgan fingerprint density at radius 2 is 1.68 bits per heavy atom. The van der Waals surface area contributed by atoms with Gasteiger partial charge in [0.15, 0.2) is 0 Å². The maximum atomic E-state index is 12.6. The summed E-state index contributed by atoms with van der Waals surface area (Å²) in [4.78, 5) is 24.8. The van der Waals surface area contributed by atoms with E-state index in [9.17, 15) is 22.8 Å². The van der Waals surface area contributed by atoms with Crippen molar-refractivity contribution in [1.29, 1.82) is 0 Å². The summed E-state index contributed by atoms with van der Waals surface area (Å²) in [5.74, 6) is -1.33. The predicted octanol–water partition coefficient (Wildman–Crippen LogP) is 4.97. The second-order valence-electron chi connectivity index (χ2n) is 6.48. The molecule has 0 aliphatic rings. The van der Waals surface area contributed by atoms with Crippen LogP contribution in [0.4, 0.5) is 13.2 Å². The summed E-state index contributed by atoms with van der Waals surface area (Å²) in [6, 6.07) is 10.3. The fraction of sp³-hybridized carbons (Fsp3) is 0.300. The van der Waals surface area contributed by atoms with Crippen molar-refractivity contribution in [2.75, 3.05) is 0 Å². The molecule has 4 nitrogen and oxygen atoms in total. The van der Waals surface area contributed by atoms with Gasteiger partial charge in [0, 0.05) is 4.47 Å². The normalized spacial score (nSPS) is 12.5. The first-order valence-corrected chi connectivity index (χ1v) is 9.27. The lowest BCUT2D eigenvalue weighted by atomic mass is 10.0. The number of hydrogen-bond acceptors (Lipinski definition) is 3. The molecule has 0 unspecified atom stereocenters. The van der Waals surface area contributed by atoms with Crippen molar-refractivity contribution in [2.24, 2.45) is 5.92 Å². The van der Waals surface area contributed by atoms with E-state index in [1.807, 2.05) is 0 Å². The maximum Gasteiger partial charge on any atom is 0.416 e. The Kier molecular flexibility index (Phi) is 7.23. The van der Waals surface area contributed by atoms with Gasteiger partial charge in [0.05, 0.1) is 11.1 Å². The molecule has 0 heterocycles. The third-order valence-corrected chi connectivity index (χ3v) is 4.68. The number of carbonyl (C=O) groups is 2. The summed E-state index contributed by atoms with van der Waals surface area (Å²) in [6.07, 6.45) is -4.42. The van der Waals surface area contributed by atoms with Gasteiger partial charge >= 0.3 is 12.1 Å². The summed E-state index contributed by atoms with van der Waals surface area (Å²) in [5.41, 5.74) is 0.0213. The highest BCUT2D eigenvalue weighted by molar-refractivity contribution is 9.10. The summed E-state index contributed by atoms with van der Waals surface area (Å²) in [5, 5.41) is 2.65. The fourth-order valence-electron chi connectivity index (χ4n) is 2.40. The SMILES string of the molecule is CC(C)[C@H](NC(=O)c1ccccc1Br)C(=O)OCc1ccc(C(F)(F)F)cc1. The van der Waals surface area contributed by atoms with Gasteiger partial charge in [-0.05, 0) is 51.7 Å². The molecule has 1 amide bonds. The minimum atomic E-state index is -4.42. The fourth-order valence-corrected chi connectivity index (χ4v) is 2.86. The monoisotopic (exact) mass is 457 g/mol. The zero-order valence-corrected chi connectivity index (χ0v) is 16.8. The molecule has 1 N–H and O–H groups in total. The lowest BCUT2D eigenvalue weighted by Crippen LogP contribution is -2.45. The Bertz CT molecular complexity index is 835. The molecule has 0 fully saturated rings. The topological polar surface area (TPSA) is 55.4 Å². The van der Waals surface area contributed by atoms with E-state index in [2.05, 4.69) is 21.2 Å². The van der Waals surface area contributed by atoms with Gasteiger partial charge in [0.2, 0.25) is 0 Å². The molecule has 2 aromatic carbocycles. The van der Waals surface area contributed by atoms with Crippen LogP contribution in [0.1, 0.15) is 35.3 Å². The standard InChI is InChI=1S/C20H19BrF3NO3/c1-12(2)17(25-18(26)15-5-3-4-6-16(15)21)19(27)28-11-13-7-9-14(10-8-13)20(22,23)24/h3-10,12,17H,11H2,1-2H3,(H,25,26)/t17-/m0/s1. The maximum absolute atomic E-state index is 12.6. The van der Waals surface area contributed by atoms with Gasteiger partial charge in [-0.2, -0.15) is 13.2 Å². The van der Waals surface area contributed by atoms with Gasteiger partial charge in [-0.25, -0.2) is 4.79 Å². The molecule has 1 atom stereocenters. The molecule has 0 saturated carbocycles. The average molecular weight is 458 g/mol. The number of benzene rings is 2. The van der Waals surface area contributed by atoms with Crippen LogP contribution >= 0.6 is 15.9 Å². The molecule has 150 valence electrons. The van der Waals surface area contributed by atoms with E-state index in [0.717, 1.165) is 12.1 Å². The zero-order chi connectivity index (χ0) is 20.9. The lowest BCUT2D eigenvalue weighted by Gasteiger charge is -2.21. The second-order valence-corrected chi connectivity index (χ2v) is 7.33. The highest BCUT2D eigenvalue weighted by Gasteiger charge is 2.30. The van der Waals surface area contributed by atoms with E-state index >= 15 is 0 Å². The van der Waals surface area contributed by atoms with Gasteiger partial charge in [-0.15, -0.1) is 0 Å². The number of ether oxygens (including phenoxy) is 1. The molecule has 2 rings (SSSR count). The molecule has 8 heteroatoms. The van der Waals surface area contributed by atoms with E-state index in [4.69, 9.17) is 4.74 Å². The molecular weight excluding hydrogens is 439 g/mol. The number of halogens is 4. The van der Waals surface area contributed by atoms with Crippen LogP contribution in [0.3, 0.4) is 0 Å². The number of rotatable bonds is 6. The van der Waals surface area contributed by atoms with Crippen molar-refractivity contribution in [3.8, 4) is 0 Å². The van der Waals surface area contributed by atoms with Crippen LogP contribution in [0.25, 0.3) is 0 Å². The van der Waals surface area contributed by atoms with Crippen LogP contribution < -0.4 is 5.32 Å². The number of amides is 1. The van der Waals surface area contributed by atoms with Crippen molar-refractivity contribution in [2.45, 2.75) is 32.7 Å². The molecule has 2 aromatic rings. The molecule has 0 bridgehead atoms. The van der Waals surface area contributed by atoms with Gasteiger partial charge in [0.25, 0.3) is 5.91 Å². The van der Waals surface area contributed by atoms with Crippen molar-refractivity contribution in [1.82, 2.24) is 5.32 Å². The van der Waals surface area contributed by atoms with Crippen LogP contribution in [0.2, 0.25) is 0 Å². The van der Waals surface area contributed by atoms with Gasteiger partial charge < -0.3 is 10.1 Å². The first-order valence-electron chi connectivity index (χ1n) is 8.47. The smallest absolute Gasteiger partial charge is 0.416 e. The van der Waals surface area contributed by atoms with Gasteiger partial charge in [-0.3, -0.25) is 4.79 Å². The summed E-state index contributed by atoms with van der Waals surface area (Å²) < 4.78 is 43.6. The summed E-state index contributed by atoms with van der Waals surface area (Å²) in [7, 11) is 0. The second kappa shape index (κ2) is 9.23. The number of alkyl halides is 3. The Morgan fingerprint density at radius 1 is 1.07 bits per heavy atom. The Morgan fingerprint density at radius 3 is 2.21 bits per heavy atom. The molecule has 0 aromatic heterocycles. The summed E-state index contributed by atoms with van der Waals surface area (Å²) in [6.45, 7) is 3.32. The quantitative estimate of drug-likeness (QED) is 0.623. The largest absolute Gasteiger partial charge is 0.459 e. The lowest BCUT2D eigenvalue weighted by molar-refractivity contribution is -0.148. The third-order valence-electron chi connectivity index (χ3n) is 3.99. The molecule has 0 aliphatic heterocycles. The van der Waals surface area contributed by atoms with Crippen LogP contribution in [0, 0.1) is 5.92 Å². The third kappa shape index (κ3) is 5.82. The Hall–Kier alpha value is -2.35. The summed E-state index contributed by atoms with van der Waals surface area (Å²) >= 11 is 3.28. The van der Waals surface area contributed by atoms with Crippen LogP contribution in [0.5, 0.6) is 0 Å². The van der Waals surface area contributed by atoms with E-state index in [-0.39, 0.29) is 12.5 Å². The number of carbonyl (C=O) groups excluding carboxylic acids is 2. The van der Waals surface area contributed by atoms with Crippen LogP contribution in [-0.4, -0.2) is 17.9 Å². The van der Waals surface area contributed by atoms with E-state index < -0.39 is 29.7 Å². The average Bonchev–Trinajstić information content (AvgIpc) is 2.63. The number of esters is 1. The highest BCUT2D eigenvalue weighted by Crippen LogP contribution is 2.29. The molecule has 28 heavy (non-hydrogen) atoms. The minimum absolute atomic E-state index is 0.189. The van der Waals surface area contributed by atoms with Crippen molar-refractivity contribution in [3.05, 3.63) is 69.7 Å². The first kappa shape index (κ1) is 21.9. The van der Waals surface area contributed by atoms with Crippen LogP contribution in [-0.2, 0) is 22.3 Å². The molecule has 0 saturated heterocycles. The molecular formula is C20H19BrF3NO3. The van der Waals surface area contributed by atoms with Crippen molar-refractivity contribution >= 4 is 27.8 Å². The van der Waals surface area contributed by atoms with E-state index in [1.165, 1.54) is 12.1 Å². The molecule has 0 aliphatic carbocycles. The predicted molar refractivity (Wildman–Crippen MR) is 101 cm³/mol. The van der Waals surface area contributed by atoms with E-state index in [1.54, 1.807) is 38.1 Å². The highest BCUT2D eigenvalue weighted by atomic mass is 79.9. The number of hydrogen-bond donors (Lipinski definition) is 1. The molecule has 0 spiro atoms. The Balaban J connectivity index is 2.01. The Labute approximate surface area is 169 Å². The van der Waals surface area contributed by atoms with Gasteiger partial charge in [0.1, 0.15) is 12.6 Å². The number of nitrogens with one attached hydrogen (secondary N) is 1. The van der Waals surface area contributed by atoms with E-state index in [0.29, 0.717) is 15.6 Å². The van der Waals surface area contributed by atoms with Crippen LogP contribution in [0.15, 0.2) is 53.0 Å². The van der Waals surface area contributed by atoms with Gasteiger partial charge in [-0.1, -0.05) is 38.1 Å². The zero-order valence-electron chi connectivity index (χ0n) is 15.2.